The summed E-state index contributed by atoms with van der Waals surface area (Å²) in [7, 11) is 7.17. The lowest BCUT2D eigenvalue weighted by molar-refractivity contribution is 0.103. The Morgan fingerprint density at radius 1 is 0.314 bits per heavy atom. The molecule has 0 fully saturated rings. The maximum Gasteiger partial charge on any atom is 0.200 e. The van der Waals surface area contributed by atoms with Gasteiger partial charge in [0.25, 0.3) is 0 Å². The lowest BCUT2D eigenvalue weighted by Crippen LogP contribution is -2.32. The zero-order valence-electron chi connectivity index (χ0n) is 67.8. The molecule has 24 nitrogen and oxygen atoms in total. The van der Waals surface area contributed by atoms with Gasteiger partial charge in [-0.3, -0.25) is 24.0 Å². The number of phenols is 9. The number of aromatic hydroxyl groups is 9. The average molecular weight is 1650 g/mol. The quantitative estimate of drug-likeness (QED) is 0.0349. The number of ketones is 1. The Labute approximate surface area is 692 Å². The van der Waals surface area contributed by atoms with Gasteiger partial charge in [0.2, 0.25) is 5.43 Å². The summed E-state index contributed by atoms with van der Waals surface area (Å²) in [5, 5.41) is 89.3. The van der Waals surface area contributed by atoms with Crippen molar-refractivity contribution in [1.82, 2.24) is 0 Å². The summed E-state index contributed by atoms with van der Waals surface area (Å²) in [5.41, 5.74) is 10.0. The summed E-state index contributed by atoms with van der Waals surface area (Å²) >= 11 is 0. The largest absolute Gasteiger partial charge is 0.508 e. The van der Waals surface area contributed by atoms with Gasteiger partial charge in [0.15, 0.2) is 22.1 Å². The highest BCUT2D eigenvalue weighted by Crippen LogP contribution is 2.49. The zero-order valence-corrected chi connectivity index (χ0v) is 68.8. The van der Waals surface area contributed by atoms with Crippen molar-refractivity contribution < 1.29 is 97.6 Å². The number of benzene rings is 13. The number of carbonyl (C=O) groups excluding carboxylic acids is 1. The Balaban J connectivity index is 0.000000145. The number of hydrogen-bond acceptors (Lipinski definition) is 23. The van der Waals surface area contributed by atoms with Gasteiger partial charge in [-0.15, -0.1) is 0 Å². The molecule has 4 heterocycles. The van der Waals surface area contributed by atoms with Crippen LogP contribution < -0.4 is 45.4 Å². The minimum atomic E-state index is -0.859. The second-order valence-electron chi connectivity index (χ2n) is 29.8. The van der Waals surface area contributed by atoms with E-state index in [-0.39, 0.29) is 90.1 Å². The predicted octanol–water partition coefficient (Wildman–Crippen LogP) is 19.6. The third-order valence-corrected chi connectivity index (χ3v) is 24.9. The SMILES string of the molecule is CC(C)(C)[Si](C)(C)C.COc1ccc(-c2c3ccc(=O)cc-3oc3cc(O)ccc23)c(OC)c1.COc1ccc(C)cc1-c1c2ccc(=O)cc-2oc2cc(O)ccc12.COc1ccc(OC)c(-c2c3ccc(=O)cc-3oc3cc(O)ccc23)c1.O.O=C(c1ccc(O)cc1O)c1ccc(O)cc1O.O=c1c2ccc(O)cc2oc2cc(O)ccc12. The van der Waals surface area contributed by atoms with E-state index in [1.165, 1.54) is 109 Å². The van der Waals surface area contributed by atoms with Crippen LogP contribution in [0.2, 0.25) is 24.7 Å². The highest BCUT2D eigenvalue weighted by molar-refractivity contribution is 6.78. The summed E-state index contributed by atoms with van der Waals surface area (Å²) < 4.78 is 50.4. The third-order valence-electron chi connectivity index (χ3n) is 20.4. The Kier molecular flexibility index (Phi) is 25.9. The third kappa shape index (κ3) is 19.1. The summed E-state index contributed by atoms with van der Waals surface area (Å²) in [4.78, 5) is 59.5. The number of aryl methyl sites for hydroxylation is 1. The molecule has 3 aliphatic heterocycles. The van der Waals surface area contributed by atoms with Crippen LogP contribution in [0.3, 0.4) is 0 Å². The fraction of sp³-hybridized carbons (Fsp3) is 0.135. The smallest absolute Gasteiger partial charge is 0.200 e. The number of methoxy groups -OCH3 is 5. The molecule has 25 heteroatoms. The molecular formula is C96H86O24Si. The molecule has 6 aliphatic rings. The predicted molar refractivity (Wildman–Crippen MR) is 469 cm³/mol. The van der Waals surface area contributed by atoms with Crippen LogP contribution >= 0.6 is 0 Å². The van der Waals surface area contributed by atoms with Crippen LogP contribution in [-0.4, -0.2) is 101 Å². The minimum absolute atomic E-state index is 0. The van der Waals surface area contributed by atoms with Crippen LogP contribution in [0.5, 0.6) is 80.5 Å². The molecule has 0 saturated heterocycles. The van der Waals surface area contributed by atoms with Crippen molar-refractivity contribution >= 4 is 68.7 Å². The lowest BCUT2D eigenvalue weighted by atomic mass is 9.92. The van der Waals surface area contributed by atoms with Gasteiger partial charge < -0.3 is 92.8 Å². The molecular weight excluding hydrogens is 1570 g/mol. The van der Waals surface area contributed by atoms with Gasteiger partial charge in [0.05, 0.1) is 57.4 Å². The van der Waals surface area contributed by atoms with E-state index in [1.807, 2.05) is 61.5 Å². The lowest BCUT2D eigenvalue weighted by Gasteiger charge is -2.32. The highest BCUT2D eigenvalue weighted by Gasteiger charge is 2.30. The molecule has 0 atom stereocenters. The minimum Gasteiger partial charge on any atom is -0.508 e. The van der Waals surface area contributed by atoms with E-state index in [9.17, 15) is 59.7 Å². The molecule has 0 unspecified atom stereocenters. The summed E-state index contributed by atoms with van der Waals surface area (Å²) in [6.07, 6.45) is 0. The molecule has 0 radical (unpaired) electrons. The molecule has 0 saturated carbocycles. The monoisotopic (exact) mass is 1650 g/mol. The molecule has 618 valence electrons. The Morgan fingerprint density at radius 3 is 0.975 bits per heavy atom. The molecule has 10 aromatic carbocycles. The second kappa shape index (κ2) is 36.1. The van der Waals surface area contributed by atoms with Crippen molar-refractivity contribution in [2.75, 3.05) is 35.5 Å². The number of phenolic OH excluding ortho intramolecular Hbond substituents is 9. The van der Waals surface area contributed by atoms with Gasteiger partial charge in [0.1, 0.15) is 126 Å². The Morgan fingerprint density at radius 2 is 0.620 bits per heavy atom. The fourth-order valence-corrected chi connectivity index (χ4v) is 12.9. The fourth-order valence-electron chi connectivity index (χ4n) is 12.9. The van der Waals surface area contributed by atoms with Crippen molar-refractivity contribution in [3.05, 3.63) is 294 Å². The Bertz CT molecular complexity index is 6750. The molecule has 0 amide bonds. The van der Waals surface area contributed by atoms with Crippen molar-refractivity contribution in [3.8, 4) is 148 Å². The van der Waals surface area contributed by atoms with E-state index in [0.717, 1.165) is 89.7 Å². The van der Waals surface area contributed by atoms with E-state index in [4.69, 9.17) is 51.6 Å². The van der Waals surface area contributed by atoms with Gasteiger partial charge in [-0.25, -0.2) is 0 Å². The van der Waals surface area contributed by atoms with Crippen LogP contribution in [0.4, 0.5) is 0 Å². The average Bonchev–Trinajstić information content (AvgIpc) is 0.759. The summed E-state index contributed by atoms with van der Waals surface area (Å²) in [6, 6.07) is 61.7. The van der Waals surface area contributed by atoms with Gasteiger partial charge in [-0.05, 0) is 176 Å². The number of ether oxygens (including phenoxy) is 5. The van der Waals surface area contributed by atoms with E-state index < -0.39 is 13.9 Å². The molecule has 0 spiro atoms. The standard InChI is InChI=1S/2C21H16O5.C21H16O4.C13H10O5.C13H8O4.C7H18Si.H2O/c1-24-14-5-8-15(18(11-14)25-2)21-16-6-3-12(22)9-19(16)26-20-10-13(23)4-7-17(20)21;1-24-14-5-8-18(25-2)17(11-14)21-15-6-3-12(22)9-19(15)26-20-10-13(23)4-7-16(20)21;1-12-3-8-18(24-2)17(9-12)21-15-6-4-13(22)10-19(15)25-20-11-14(23)5-7-16(20)21;14-7-1-3-9(11(16)5-7)13(18)10-4-2-8(15)6-12(10)17;14-7-1-3-9-11(5-7)17-12-6-8(15)2-4-10(12)13(9)16;1-7(2,3)8(4,5)6;/h2*3-11,22H,1-2H3;3-11,22H,1-2H3;1-6,14-17H;1-6,14-15H;1-6H3;1H2. The van der Waals surface area contributed by atoms with Gasteiger partial charge in [0, 0.05) is 141 Å². The summed E-state index contributed by atoms with van der Waals surface area (Å²) in [6.45, 7) is 16.2. The first-order valence-corrected chi connectivity index (χ1v) is 40.8. The molecule has 1 aromatic heterocycles. The van der Waals surface area contributed by atoms with E-state index in [2.05, 4.69) is 40.4 Å². The number of fused-ring (bicyclic) bond motifs is 8. The highest BCUT2D eigenvalue weighted by atomic mass is 28.3. The number of carbonyl (C=O) groups is 1. The van der Waals surface area contributed by atoms with Crippen LogP contribution in [-0.2, 0) is 0 Å². The first-order valence-electron chi connectivity index (χ1n) is 37.3. The van der Waals surface area contributed by atoms with Crippen LogP contribution in [0, 0.1) is 6.92 Å². The van der Waals surface area contributed by atoms with E-state index in [1.54, 1.807) is 96.2 Å². The topological polar surface area (TPSA) is 398 Å². The van der Waals surface area contributed by atoms with Crippen molar-refractivity contribution in [1.29, 1.82) is 0 Å². The van der Waals surface area contributed by atoms with E-state index in [0.29, 0.717) is 84.0 Å². The van der Waals surface area contributed by atoms with E-state index >= 15 is 0 Å². The van der Waals surface area contributed by atoms with Crippen LogP contribution in [0.1, 0.15) is 42.3 Å². The van der Waals surface area contributed by atoms with Crippen LogP contribution in [0.25, 0.3) is 122 Å². The van der Waals surface area contributed by atoms with Crippen LogP contribution in [0.15, 0.2) is 273 Å². The van der Waals surface area contributed by atoms with Crippen molar-refractivity contribution in [2.45, 2.75) is 52.4 Å². The number of rotatable bonds is 10. The number of hydrogen-bond donors (Lipinski definition) is 9. The zero-order chi connectivity index (χ0) is 86.3. The Hall–Kier alpha value is -15.2. The maximum atomic E-state index is 12.1. The second-order valence-corrected chi connectivity index (χ2v) is 35.8. The van der Waals surface area contributed by atoms with Gasteiger partial charge in [-0.2, -0.15) is 0 Å². The maximum absolute atomic E-state index is 12.1. The normalized spacial score (nSPS) is 11.0. The van der Waals surface area contributed by atoms with Gasteiger partial charge in [-0.1, -0.05) is 52.0 Å². The molecule has 0 bridgehead atoms. The first-order chi connectivity index (χ1) is 57.1. The molecule has 3 aliphatic carbocycles. The van der Waals surface area contributed by atoms with Gasteiger partial charge >= 0.3 is 0 Å². The van der Waals surface area contributed by atoms with Crippen molar-refractivity contribution in [3.63, 3.8) is 0 Å². The molecule has 121 heavy (non-hydrogen) atoms. The molecule has 11 aromatic rings. The first kappa shape index (κ1) is 86.6. The molecule has 17 rings (SSSR count). The summed E-state index contributed by atoms with van der Waals surface area (Å²) in [5.74, 6) is 3.40. The molecule has 11 N–H and O–H groups in total. The van der Waals surface area contributed by atoms with Crippen molar-refractivity contribution in [2.24, 2.45) is 0 Å².